The van der Waals surface area contributed by atoms with Crippen LogP contribution in [0.3, 0.4) is 0 Å². The Hall–Kier alpha value is -2.43. The van der Waals surface area contributed by atoms with E-state index in [9.17, 15) is 14.4 Å². The molecule has 5 nitrogen and oxygen atoms in total. The molecule has 2 bridgehead atoms. The fourth-order valence-electron chi connectivity index (χ4n) is 5.49. The first-order chi connectivity index (χ1) is 13.3. The summed E-state index contributed by atoms with van der Waals surface area (Å²) in [6.45, 7) is 6.04. The van der Waals surface area contributed by atoms with E-state index in [-0.39, 0.29) is 47.4 Å². The summed E-state index contributed by atoms with van der Waals surface area (Å²) in [6, 6.07) is 7.37. The van der Waals surface area contributed by atoms with Crippen LogP contribution in [-0.4, -0.2) is 29.2 Å². The fraction of sp³-hybridized carbons (Fsp3) is 0.522. The number of amides is 2. The van der Waals surface area contributed by atoms with Gasteiger partial charge in [-0.3, -0.25) is 14.5 Å². The molecule has 1 saturated heterocycles. The Balaban J connectivity index is 1.27. The maximum atomic E-state index is 12.9. The summed E-state index contributed by atoms with van der Waals surface area (Å²) < 4.78 is 5.39. The van der Waals surface area contributed by atoms with Crippen LogP contribution in [-0.2, 0) is 19.8 Å². The molecule has 1 aromatic rings. The minimum atomic E-state index is -0.575. The van der Waals surface area contributed by atoms with Crippen molar-refractivity contribution < 1.29 is 19.1 Å². The van der Waals surface area contributed by atoms with Gasteiger partial charge in [-0.1, -0.05) is 45.1 Å². The summed E-state index contributed by atoms with van der Waals surface area (Å²) in [4.78, 5) is 39.4. The van der Waals surface area contributed by atoms with Gasteiger partial charge in [0.25, 0.3) is 0 Å². The summed E-state index contributed by atoms with van der Waals surface area (Å²) in [5.41, 5.74) is 1.16. The van der Waals surface area contributed by atoms with E-state index in [0.717, 1.165) is 16.9 Å². The van der Waals surface area contributed by atoms with E-state index in [4.69, 9.17) is 4.74 Å². The van der Waals surface area contributed by atoms with Crippen LogP contribution in [0.5, 0.6) is 5.75 Å². The number of ether oxygens (including phenoxy) is 1. The smallest absolute Gasteiger partial charge is 0.331 e. The maximum absolute atomic E-state index is 12.9. The summed E-state index contributed by atoms with van der Waals surface area (Å²) in [5.74, 6) is 0.369. The SMILES string of the molecule is CC(C)(C)c1ccc(OC(=O)CN2C(=O)[C@@H]3[C@H]4C=C[C@H]([C@@H]5C[C@H]45)[C@@H]3C2=O)cc1. The van der Waals surface area contributed by atoms with E-state index in [2.05, 4.69) is 32.9 Å². The first kappa shape index (κ1) is 17.7. The Labute approximate surface area is 164 Å². The number of allylic oxidation sites excluding steroid dienone is 2. The minimum absolute atomic E-state index is 0.0152. The molecular weight excluding hydrogens is 354 g/mol. The number of rotatable bonds is 3. The van der Waals surface area contributed by atoms with Gasteiger partial charge in [-0.25, -0.2) is 4.79 Å². The van der Waals surface area contributed by atoms with Crippen molar-refractivity contribution in [1.82, 2.24) is 4.90 Å². The zero-order valence-corrected chi connectivity index (χ0v) is 16.4. The van der Waals surface area contributed by atoms with Crippen molar-refractivity contribution in [2.45, 2.75) is 32.6 Å². The second-order valence-corrected chi connectivity index (χ2v) is 9.67. The minimum Gasteiger partial charge on any atom is -0.425 e. The van der Waals surface area contributed by atoms with Gasteiger partial charge in [0, 0.05) is 0 Å². The topological polar surface area (TPSA) is 63.7 Å². The van der Waals surface area contributed by atoms with Gasteiger partial charge < -0.3 is 4.74 Å². The van der Waals surface area contributed by atoms with Crippen molar-refractivity contribution >= 4 is 17.8 Å². The third kappa shape index (κ3) is 2.55. The highest BCUT2D eigenvalue weighted by atomic mass is 16.5. The Morgan fingerprint density at radius 1 is 1.00 bits per heavy atom. The number of benzene rings is 1. The number of esters is 1. The Kier molecular flexibility index (Phi) is 3.65. The summed E-state index contributed by atoms with van der Waals surface area (Å²) in [6.07, 6.45) is 5.38. The van der Waals surface area contributed by atoms with E-state index in [1.807, 2.05) is 12.1 Å². The third-order valence-electron chi connectivity index (χ3n) is 6.99. The maximum Gasteiger partial charge on any atom is 0.331 e. The summed E-state index contributed by atoms with van der Waals surface area (Å²) in [5, 5.41) is 0. The number of likely N-dealkylation sites (tertiary alicyclic amines) is 1. The standard InChI is InChI=1S/C23H25NO4/c1-23(2,3)12-4-6-13(7-5-12)28-18(25)11-24-21(26)19-14-8-9-15(17-10-16(14)17)20(19)22(24)27/h4-9,14-17,19-20H,10-11H2,1-3H3/t14-,15+,16+,17-,19+,20-. The molecule has 3 fully saturated rings. The Morgan fingerprint density at radius 3 is 2.04 bits per heavy atom. The van der Waals surface area contributed by atoms with Crippen LogP contribution in [0.4, 0.5) is 0 Å². The van der Waals surface area contributed by atoms with Crippen LogP contribution in [0.25, 0.3) is 0 Å². The molecule has 0 unspecified atom stereocenters. The molecule has 0 spiro atoms. The van der Waals surface area contributed by atoms with Crippen molar-refractivity contribution in [1.29, 1.82) is 0 Å². The average Bonchev–Trinajstić information content (AvgIpc) is 3.43. The first-order valence-electron chi connectivity index (χ1n) is 10.1. The number of carbonyl (C=O) groups excluding carboxylic acids is 3. The number of hydrogen-bond donors (Lipinski definition) is 0. The van der Waals surface area contributed by atoms with Crippen molar-refractivity contribution in [3.8, 4) is 5.75 Å². The molecule has 1 heterocycles. The van der Waals surface area contributed by atoms with Gasteiger partial charge in [0.1, 0.15) is 12.3 Å². The van der Waals surface area contributed by atoms with Crippen LogP contribution in [0, 0.1) is 35.5 Å². The number of imide groups is 1. The van der Waals surface area contributed by atoms with Gasteiger partial charge in [-0.05, 0) is 53.2 Å². The third-order valence-corrected chi connectivity index (χ3v) is 6.99. The molecule has 0 N–H and O–H groups in total. The lowest BCUT2D eigenvalue weighted by Crippen LogP contribution is -2.40. The molecule has 4 aliphatic carbocycles. The number of carbonyl (C=O) groups is 3. The molecule has 28 heavy (non-hydrogen) atoms. The molecule has 6 rings (SSSR count). The second kappa shape index (κ2) is 5.79. The molecule has 5 heteroatoms. The highest BCUT2D eigenvalue weighted by Crippen LogP contribution is 2.65. The summed E-state index contributed by atoms with van der Waals surface area (Å²) in [7, 11) is 0. The lowest BCUT2D eigenvalue weighted by Gasteiger charge is -2.37. The van der Waals surface area contributed by atoms with Crippen LogP contribution in [0.15, 0.2) is 36.4 Å². The predicted molar refractivity (Wildman–Crippen MR) is 102 cm³/mol. The van der Waals surface area contributed by atoms with Gasteiger partial charge in [0.15, 0.2) is 0 Å². The molecule has 5 aliphatic rings. The van der Waals surface area contributed by atoms with Crippen molar-refractivity contribution in [3.63, 3.8) is 0 Å². The lowest BCUT2D eigenvalue weighted by atomic mass is 9.63. The van der Waals surface area contributed by atoms with Crippen molar-refractivity contribution in [2.75, 3.05) is 6.54 Å². The number of nitrogens with zero attached hydrogens (tertiary/aromatic N) is 1. The number of hydrogen-bond acceptors (Lipinski definition) is 4. The van der Waals surface area contributed by atoms with Crippen LogP contribution < -0.4 is 4.74 Å². The fourth-order valence-corrected chi connectivity index (χ4v) is 5.49. The zero-order valence-electron chi connectivity index (χ0n) is 16.4. The molecule has 0 aromatic heterocycles. The zero-order chi connectivity index (χ0) is 19.8. The van der Waals surface area contributed by atoms with Gasteiger partial charge in [0.2, 0.25) is 11.8 Å². The monoisotopic (exact) mass is 379 g/mol. The molecular formula is C23H25NO4. The quantitative estimate of drug-likeness (QED) is 0.351. The summed E-state index contributed by atoms with van der Waals surface area (Å²) >= 11 is 0. The predicted octanol–water partition coefficient (Wildman–Crippen LogP) is 2.94. The molecule has 6 atom stereocenters. The average molecular weight is 379 g/mol. The molecule has 0 radical (unpaired) electrons. The van der Waals surface area contributed by atoms with Crippen molar-refractivity contribution in [3.05, 3.63) is 42.0 Å². The molecule has 2 saturated carbocycles. The second-order valence-electron chi connectivity index (χ2n) is 9.67. The van der Waals surface area contributed by atoms with E-state index in [1.54, 1.807) is 12.1 Å². The van der Waals surface area contributed by atoms with E-state index in [0.29, 0.717) is 17.6 Å². The lowest BCUT2D eigenvalue weighted by molar-refractivity contribution is -0.148. The Bertz CT molecular complexity index is 858. The molecule has 2 amide bonds. The molecule has 1 aromatic carbocycles. The van der Waals surface area contributed by atoms with E-state index in [1.165, 1.54) is 0 Å². The van der Waals surface area contributed by atoms with Gasteiger partial charge in [0.05, 0.1) is 11.8 Å². The highest BCUT2D eigenvalue weighted by molar-refractivity contribution is 6.08. The Morgan fingerprint density at radius 2 is 1.54 bits per heavy atom. The molecule has 1 aliphatic heterocycles. The van der Waals surface area contributed by atoms with Gasteiger partial charge >= 0.3 is 5.97 Å². The highest BCUT2D eigenvalue weighted by Gasteiger charge is 2.67. The van der Waals surface area contributed by atoms with Crippen molar-refractivity contribution in [2.24, 2.45) is 35.5 Å². The van der Waals surface area contributed by atoms with E-state index < -0.39 is 5.97 Å². The largest absolute Gasteiger partial charge is 0.425 e. The molecule has 146 valence electrons. The normalized spacial score (nSPS) is 35.0. The van der Waals surface area contributed by atoms with Crippen LogP contribution >= 0.6 is 0 Å². The first-order valence-corrected chi connectivity index (χ1v) is 10.1. The van der Waals surface area contributed by atoms with Crippen LogP contribution in [0.1, 0.15) is 32.8 Å². The van der Waals surface area contributed by atoms with Gasteiger partial charge in [-0.15, -0.1) is 0 Å². The van der Waals surface area contributed by atoms with Gasteiger partial charge in [-0.2, -0.15) is 0 Å². The van der Waals surface area contributed by atoms with Crippen LogP contribution in [0.2, 0.25) is 0 Å². The van der Waals surface area contributed by atoms with E-state index >= 15 is 0 Å².